The first-order chi connectivity index (χ1) is 41.0. The van der Waals surface area contributed by atoms with Crippen molar-refractivity contribution >= 4 is 17.9 Å². The second-order valence-electron chi connectivity index (χ2n) is 22.0. The zero-order valence-electron chi connectivity index (χ0n) is 53.7. The zero-order chi connectivity index (χ0) is 59.9. The molecule has 0 spiro atoms. The van der Waals surface area contributed by atoms with E-state index in [9.17, 15) is 14.4 Å². The van der Waals surface area contributed by atoms with E-state index in [1.165, 1.54) is 83.5 Å². The van der Waals surface area contributed by atoms with Gasteiger partial charge in [0.2, 0.25) is 0 Å². The van der Waals surface area contributed by atoms with Crippen LogP contribution in [0.25, 0.3) is 0 Å². The Morgan fingerprint density at radius 3 is 0.735 bits per heavy atom. The van der Waals surface area contributed by atoms with Gasteiger partial charge in [-0.15, -0.1) is 0 Å². The van der Waals surface area contributed by atoms with E-state index in [-0.39, 0.29) is 31.1 Å². The number of hydrogen-bond acceptors (Lipinski definition) is 6. The highest BCUT2D eigenvalue weighted by Gasteiger charge is 2.19. The van der Waals surface area contributed by atoms with Crippen LogP contribution < -0.4 is 0 Å². The number of unbranched alkanes of at least 4 members (excludes halogenated alkanes) is 23. The third kappa shape index (κ3) is 67.7. The molecule has 0 saturated heterocycles. The Balaban J connectivity index is 4.49. The van der Waals surface area contributed by atoms with Gasteiger partial charge in [-0.1, -0.05) is 281 Å². The van der Waals surface area contributed by atoms with E-state index in [1.807, 2.05) is 0 Å². The summed E-state index contributed by atoms with van der Waals surface area (Å²) < 4.78 is 17.0. The predicted octanol–water partition coefficient (Wildman–Crippen LogP) is 23.7. The number of carbonyl (C=O) groups is 3. The molecule has 0 N–H and O–H groups in total. The number of hydrogen-bond donors (Lipinski definition) is 0. The van der Waals surface area contributed by atoms with Crippen LogP contribution in [0.15, 0.2) is 158 Å². The van der Waals surface area contributed by atoms with Crippen LogP contribution in [-0.4, -0.2) is 37.2 Å². The van der Waals surface area contributed by atoms with Gasteiger partial charge in [0.15, 0.2) is 6.10 Å². The van der Waals surface area contributed by atoms with E-state index >= 15 is 0 Å². The van der Waals surface area contributed by atoms with Crippen LogP contribution in [0.4, 0.5) is 0 Å². The number of rotatable bonds is 60. The van der Waals surface area contributed by atoms with Crippen molar-refractivity contribution in [3.63, 3.8) is 0 Å². The van der Waals surface area contributed by atoms with Crippen molar-refractivity contribution in [2.75, 3.05) is 13.2 Å². The Kier molecular flexibility index (Phi) is 65.4. The van der Waals surface area contributed by atoms with Crippen molar-refractivity contribution in [1.82, 2.24) is 0 Å². The number of ether oxygens (including phenoxy) is 3. The molecule has 0 aliphatic carbocycles. The molecule has 1 unspecified atom stereocenters. The summed E-state index contributed by atoms with van der Waals surface area (Å²) in [6.45, 7) is 6.37. The second-order valence-corrected chi connectivity index (χ2v) is 22.0. The Morgan fingerprint density at radius 1 is 0.253 bits per heavy atom. The van der Waals surface area contributed by atoms with Crippen LogP contribution in [0, 0.1) is 0 Å². The highest BCUT2D eigenvalue weighted by atomic mass is 16.6. The molecule has 468 valence electrons. The molecule has 0 aromatic carbocycles. The van der Waals surface area contributed by atoms with Crippen molar-refractivity contribution in [2.45, 2.75) is 297 Å². The van der Waals surface area contributed by atoms with Gasteiger partial charge in [-0.05, 0) is 148 Å². The van der Waals surface area contributed by atoms with E-state index in [2.05, 4.69) is 179 Å². The van der Waals surface area contributed by atoms with Gasteiger partial charge in [-0.2, -0.15) is 0 Å². The predicted molar refractivity (Wildman–Crippen MR) is 362 cm³/mol. The molecule has 0 amide bonds. The van der Waals surface area contributed by atoms with Crippen LogP contribution in [-0.2, 0) is 28.6 Å². The highest BCUT2D eigenvalue weighted by molar-refractivity contribution is 5.71. The fourth-order valence-electron chi connectivity index (χ4n) is 8.97. The molecule has 0 aliphatic heterocycles. The summed E-state index contributed by atoms with van der Waals surface area (Å²) in [5, 5.41) is 0. The SMILES string of the molecule is CC/C=C\C/C=C\C/C=C\C/C=C\C/C=C\C/C=C\CCCCCCCCC(=O)OCC(COC(=O)CCCCCCCCCCC/C=C\C/C=C\CCCCC)OC(=O)CCCCCCC/C=C\C/C=C\C/C=C\C/C=C\C/C=C\CC. The fourth-order valence-corrected chi connectivity index (χ4v) is 8.97. The molecule has 0 rings (SSSR count). The van der Waals surface area contributed by atoms with Crippen molar-refractivity contribution in [2.24, 2.45) is 0 Å². The van der Waals surface area contributed by atoms with Gasteiger partial charge in [0.25, 0.3) is 0 Å². The molecule has 0 aliphatic rings. The standard InChI is InChI=1S/C77H124O6/c1-4-7-10-13-16-19-22-25-28-31-34-36-37-38-39-41-43-46-49-52-55-58-61-64-67-70-76(79)82-73-74(72-81-75(78)69-66-63-60-57-54-51-48-45-42-33-30-27-24-21-18-15-12-9-6-3)83-77(80)71-68-65-62-59-56-53-50-47-44-40-35-32-29-26-23-20-17-14-11-8-5-2/h7-8,10-11,16-21,25-30,34-36,38-40,43,46-47,50,74H,4-6,9,12-15,22-24,31-33,37,41-42,44-45,48-49,51-73H2,1-3H3/b10-7-,11-8-,19-16-,20-17-,21-18-,28-25-,29-26-,30-27-,36-34-,39-38-,40-35-,46-43-,50-47-. The van der Waals surface area contributed by atoms with Gasteiger partial charge in [-0.3, -0.25) is 14.4 Å². The number of esters is 3. The monoisotopic (exact) mass is 1140 g/mol. The average molecular weight is 1150 g/mol. The molecule has 83 heavy (non-hydrogen) atoms. The quantitative estimate of drug-likeness (QED) is 0.0261. The van der Waals surface area contributed by atoms with E-state index in [0.29, 0.717) is 19.3 Å². The lowest BCUT2D eigenvalue weighted by Gasteiger charge is -2.18. The first kappa shape index (κ1) is 78.0. The van der Waals surface area contributed by atoms with E-state index in [0.717, 1.165) is 167 Å². The van der Waals surface area contributed by atoms with Crippen molar-refractivity contribution in [3.8, 4) is 0 Å². The van der Waals surface area contributed by atoms with Crippen molar-refractivity contribution in [3.05, 3.63) is 158 Å². The molecule has 0 radical (unpaired) electrons. The summed E-state index contributed by atoms with van der Waals surface area (Å²) >= 11 is 0. The van der Waals surface area contributed by atoms with E-state index in [1.54, 1.807) is 0 Å². The maximum atomic E-state index is 13.0. The second kappa shape index (κ2) is 69.5. The first-order valence-electron chi connectivity index (χ1n) is 34.0. The Morgan fingerprint density at radius 2 is 0.470 bits per heavy atom. The maximum Gasteiger partial charge on any atom is 0.306 e. The van der Waals surface area contributed by atoms with Crippen molar-refractivity contribution in [1.29, 1.82) is 0 Å². The third-order valence-corrected chi connectivity index (χ3v) is 14.0. The van der Waals surface area contributed by atoms with Crippen molar-refractivity contribution < 1.29 is 28.6 Å². The van der Waals surface area contributed by atoms with Gasteiger partial charge in [-0.25, -0.2) is 0 Å². The van der Waals surface area contributed by atoms with Crippen LogP contribution in [0.1, 0.15) is 290 Å². The summed E-state index contributed by atoms with van der Waals surface area (Å²) in [6.07, 6.45) is 101. The average Bonchev–Trinajstić information content (AvgIpc) is 3.50. The summed E-state index contributed by atoms with van der Waals surface area (Å²) in [5.41, 5.74) is 0. The molecule has 0 heterocycles. The Hall–Kier alpha value is -4.97. The fraction of sp³-hybridized carbons (Fsp3) is 0.623. The van der Waals surface area contributed by atoms with Gasteiger partial charge in [0.05, 0.1) is 0 Å². The lowest BCUT2D eigenvalue weighted by molar-refractivity contribution is -0.167. The molecule has 1 atom stereocenters. The minimum atomic E-state index is -0.807. The third-order valence-electron chi connectivity index (χ3n) is 14.0. The summed E-state index contributed by atoms with van der Waals surface area (Å²) in [5.74, 6) is -0.935. The van der Waals surface area contributed by atoms with Crippen LogP contribution in [0.2, 0.25) is 0 Å². The molecular weight excluding hydrogens is 1020 g/mol. The topological polar surface area (TPSA) is 78.9 Å². The zero-order valence-corrected chi connectivity index (χ0v) is 53.7. The lowest BCUT2D eigenvalue weighted by atomic mass is 10.1. The number of carbonyl (C=O) groups excluding carboxylic acids is 3. The normalized spacial score (nSPS) is 13.1. The molecule has 0 aromatic rings. The maximum absolute atomic E-state index is 13.0. The van der Waals surface area contributed by atoms with Crippen LogP contribution in [0.3, 0.4) is 0 Å². The largest absolute Gasteiger partial charge is 0.462 e. The van der Waals surface area contributed by atoms with Crippen LogP contribution >= 0.6 is 0 Å². The van der Waals surface area contributed by atoms with Gasteiger partial charge >= 0.3 is 17.9 Å². The lowest BCUT2D eigenvalue weighted by Crippen LogP contribution is -2.30. The van der Waals surface area contributed by atoms with Gasteiger partial charge < -0.3 is 14.2 Å². The summed E-state index contributed by atoms with van der Waals surface area (Å²) in [6, 6.07) is 0. The van der Waals surface area contributed by atoms with E-state index in [4.69, 9.17) is 14.2 Å². The highest BCUT2D eigenvalue weighted by Crippen LogP contribution is 2.15. The molecule has 0 bridgehead atoms. The first-order valence-corrected chi connectivity index (χ1v) is 34.0. The molecule has 0 saturated carbocycles. The molecule has 0 fully saturated rings. The number of allylic oxidation sites excluding steroid dienone is 26. The molecule has 0 aromatic heterocycles. The van der Waals surface area contributed by atoms with E-state index < -0.39 is 6.10 Å². The Bertz CT molecular complexity index is 1840. The Labute approximate surface area is 511 Å². The smallest absolute Gasteiger partial charge is 0.306 e. The van der Waals surface area contributed by atoms with Gasteiger partial charge in [0, 0.05) is 19.3 Å². The minimum absolute atomic E-state index is 0.0990. The summed E-state index contributed by atoms with van der Waals surface area (Å²) in [4.78, 5) is 38.5. The van der Waals surface area contributed by atoms with Crippen LogP contribution in [0.5, 0.6) is 0 Å². The van der Waals surface area contributed by atoms with Gasteiger partial charge in [0.1, 0.15) is 13.2 Å². The minimum Gasteiger partial charge on any atom is -0.462 e. The molecule has 6 nitrogen and oxygen atoms in total. The molecular formula is C77H124O6. The molecule has 6 heteroatoms. The summed E-state index contributed by atoms with van der Waals surface area (Å²) in [7, 11) is 0.